The van der Waals surface area contributed by atoms with Crippen LogP contribution in [0.2, 0.25) is 0 Å². The van der Waals surface area contributed by atoms with E-state index in [0.717, 1.165) is 25.9 Å². The Morgan fingerprint density at radius 3 is 3.05 bits per heavy atom. The number of ether oxygens (including phenoxy) is 1. The van der Waals surface area contributed by atoms with Gasteiger partial charge >= 0.3 is 5.97 Å². The van der Waals surface area contributed by atoms with Gasteiger partial charge in [-0.05, 0) is 30.4 Å². The van der Waals surface area contributed by atoms with Crippen molar-refractivity contribution in [1.82, 2.24) is 5.32 Å². The van der Waals surface area contributed by atoms with Gasteiger partial charge in [0.1, 0.15) is 0 Å². The van der Waals surface area contributed by atoms with Crippen LogP contribution >= 0.6 is 0 Å². The summed E-state index contributed by atoms with van der Waals surface area (Å²) in [5.41, 5.74) is 2.73. The molecule has 1 spiro atoms. The molecule has 1 aromatic rings. The van der Waals surface area contributed by atoms with E-state index in [1.807, 2.05) is 0 Å². The molecule has 1 aliphatic heterocycles. The number of carbonyl (C=O) groups is 1. The number of aryl methyl sites for hydroxylation is 1. The second kappa shape index (κ2) is 4.97. The summed E-state index contributed by atoms with van der Waals surface area (Å²) in [7, 11) is 1.50. The van der Waals surface area contributed by atoms with Crippen LogP contribution in [0.1, 0.15) is 30.4 Å². The second-order valence-corrected chi connectivity index (χ2v) is 5.73. The Morgan fingerprint density at radius 1 is 1.37 bits per heavy atom. The molecule has 2 unspecified atom stereocenters. The van der Waals surface area contributed by atoms with E-state index in [1.165, 1.54) is 31.1 Å². The van der Waals surface area contributed by atoms with Crippen LogP contribution in [0.3, 0.4) is 0 Å². The van der Waals surface area contributed by atoms with E-state index < -0.39 is 0 Å². The van der Waals surface area contributed by atoms with E-state index in [1.54, 1.807) is 0 Å². The Hall–Kier alpha value is -1.35. The maximum atomic E-state index is 12.1. The van der Waals surface area contributed by atoms with Crippen molar-refractivity contribution < 1.29 is 9.53 Å². The molecule has 1 aromatic carbocycles. The maximum absolute atomic E-state index is 12.1. The lowest BCUT2D eigenvalue weighted by Crippen LogP contribution is -2.40. The Balaban J connectivity index is 2.09. The number of hydrogen-bond donors (Lipinski definition) is 1. The van der Waals surface area contributed by atoms with Crippen LogP contribution in [-0.4, -0.2) is 26.2 Å². The lowest BCUT2D eigenvalue weighted by Gasteiger charge is -2.34. The summed E-state index contributed by atoms with van der Waals surface area (Å²) in [6.45, 7) is 1.63. The number of hydrogen-bond acceptors (Lipinski definition) is 3. The zero-order chi connectivity index (χ0) is 13.3. The molecule has 0 bridgehead atoms. The molecule has 3 rings (SSSR count). The molecule has 0 radical (unpaired) electrons. The van der Waals surface area contributed by atoms with Crippen molar-refractivity contribution in [1.29, 1.82) is 0 Å². The lowest BCUT2D eigenvalue weighted by molar-refractivity contribution is -0.146. The van der Waals surface area contributed by atoms with Gasteiger partial charge in [0.05, 0.1) is 13.0 Å². The van der Waals surface area contributed by atoms with Crippen molar-refractivity contribution in [2.75, 3.05) is 20.2 Å². The molecule has 0 saturated carbocycles. The Bertz CT molecular complexity index is 485. The third-order valence-corrected chi connectivity index (χ3v) is 4.81. The summed E-state index contributed by atoms with van der Waals surface area (Å²) < 4.78 is 5.04. The van der Waals surface area contributed by atoms with Crippen LogP contribution in [0.5, 0.6) is 0 Å². The number of rotatable bonds is 1. The van der Waals surface area contributed by atoms with Gasteiger partial charge in [-0.25, -0.2) is 0 Å². The summed E-state index contributed by atoms with van der Waals surface area (Å²) in [4.78, 5) is 12.1. The lowest BCUT2D eigenvalue weighted by atomic mass is 9.69. The highest BCUT2D eigenvalue weighted by molar-refractivity contribution is 5.76. The molecular formula is C16H21NO2. The predicted molar refractivity (Wildman–Crippen MR) is 74.1 cm³/mol. The fourth-order valence-electron chi connectivity index (χ4n) is 3.87. The van der Waals surface area contributed by atoms with Gasteiger partial charge in [0.2, 0.25) is 0 Å². The van der Waals surface area contributed by atoms with Crippen molar-refractivity contribution in [2.45, 2.75) is 31.1 Å². The summed E-state index contributed by atoms with van der Waals surface area (Å²) in [5.74, 6) is -0.113. The van der Waals surface area contributed by atoms with E-state index >= 15 is 0 Å². The number of fused-ring (bicyclic) bond motifs is 2. The minimum Gasteiger partial charge on any atom is -0.469 e. The van der Waals surface area contributed by atoms with Crippen LogP contribution in [-0.2, 0) is 21.4 Å². The molecule has 2 aliphatic rings. The van der Waals surface area contributed by atoms with Gasteiger partial charge in [-0.2, -0.15) is 0 Å². The van der Waals surface area contributed by atoms with Crippen molar-refractivity contribution >= 4 is 5.97 Å². The van der Waals surface area contributed by atoms with E-state index in [9.17, 15) is 4.79 Å². The molecule has 0 amide bonds. The average Bonchev–Trinajstić information content (AvgIpc) is 2.78. The van der Waals surface area contributed by atoms with E-state index in [2.05, 4.69) is 29.6 Å². The van der Waals surface area contributed by atoms with Crippen molar-refractivity contribution in [2.24, 2.45) is 5.92 Å². The van der Waals surface area contributed by atoms with Crippen LogP contribution < -0.4 is 5.32 Å². The van der Waals surface area contributed by atoms with E-state index in [0.29, 0.717) is 0 Å². The Labute approximate surface area is 114 Å². The van der Waals surface area contributed by atoms with Gasteiger partial charge in [-0.3, -0.25) is 4.79 Å². The molecule has 1 fully saturated rings. The topological polar surface area (TPSA) is 38.3 Å². The van der Waals surface area contributed by atoms with Gasteiger partial charge in [0.15, 0.2) is 0 Å². The van der Waals surface area contributed by atoms with Crippen molar-refractivity contribution in [3.05, 3.63) is 35.4 Å². The van der Waals surface area contributed by atoms with Crippen LogP contribution in [0.4, 0.5) is 0 Å². The fourth-order valence-corrected chi connectivity index (χ4v) is 3.87. The van der Waals surface area contributed by atoms with E-state index in [-0.39, 0.29) is 17.3 Å². The zero-order valence-electron chi connectivity index (χ0n) is 11.4. The quantitative estimate of drug-likeness (QED) is 0.784. The Kier molecular flexibility index (Phi) is 3.31. The van der Waals surface area contributed by atoms with Gasteiger partial charge in [0, 0.05) is 18.5 Å². The third kappa shape index (κ3) is 1.96. The largest absolute Gasteiger partial charge is 0.469 e. The highest BCUT2D eigenvalue weighted by Gasteiger charge is 2.49. The number of carbonyl (C=O) groups excluding carboxylic acids is 1. The molecule has 2 atom stereocenters. The highest BCUT2D eigenvalue weighted by Crippen LogP contribution is 2.44. The van der Waals surface area contributed by atoms with E-state index in [4.69, 9.17) is 4.74 Å². The first-order chi connectivity index (χ1) is 9.28. The molecule has 1 heterocycles. The normalized spacial score (nSPS) is 29.8. The SMILES string of the molecule is COC(=O)C1CNCC12CCCCc1ccccc12. The zero-order valence-corrected chi connectivity index (χ0v) is 11.4. The molecule has 1 N–H and O–H groups in total. The number of esters is 1. The molecule has 0 aromatic heterocycles. The number of methoxy groups -OCH3 is 1. The molecule has 1 saturated heterocycles. The van der Waals surface area contributed by atoms with Crippen molar-refractivity contribution in [3.63, 3.8) is 0 Å². The molecule has 3 heteroatoms. The summed E-state index contributed by atoms with van der Waals surface area (Å²) in [5, 5.41) is 3.42. The predicted octanol–water partition coefficient (Wildman–Crippen LogP) is 2.04. The van der Waals surface area contributed by atoms with Crippen molar-refractivity contribution in [3.8, 4) is 0 Å². The minimum absolute atomic E-state index is 0.0447. The van der Waals surface area contributed by atoms with Gasteiger partial charge < -0.3 is 10.1 Å². The van der Waals surface area contributed by atoms with Gasteiger partial charge in [0.25, 0.3) is 0 Å². The first-order valence-electron chi connectivity index (χ1n) is 7.15. The monoisotopic (exact) mass is 259 g/mol. The van der Waals surface area contributed by atoms with Crippen LogP contribution in [0.25, 0.3) is 0 Å². The summed E-state index contributed by atoms with van der Waals surface area (Å²) in [6, 6.07) is 8.63. The minimum atomic E-state index is -0.0679. The molecule has 102 valence electrons. The second-order valence-electron chi connectivity index (χ2n) is 5.73. The summed E-state index contributed by atoms with van der Waals surface area (Å²) in [6.07, 6.45) is 4.61. The standard InChI is InChI=1S/C16H21NO2/c1-19-15(18)14-10-17-11-16(14)9-5-4-7-12-6-2-3-8-13(12)16/h2-3,6,8,14,17H,4-5,7,9-11H2,1H3. The smallest absolute Gasteiger partial charge is 0.310 e. The number of nitrogens with one attached hydrogen (secondary N) is 1. The fraction of sp³-hybridized carbons (Fsp3) is 0.562. The molecule has 19 heavy (non-hydrogen) atoms. The van der Waals surface area contributed by atoms with Crippen LogP contribution in [0, 0.1) is 5.92 Å². The maximum Gasteiger partial charge on any atom is 0.310 e. The highest BCUT2D eigenvalue weighted by atomic mass is 16.5. The Morgan fingerprint density at radius 2 is 2.21 bits per heavy atom. The average molecular weight is 259 g/mol. The molecule has 3 nitrogen and oxygen atoms in total. The van der Waals surface area contributed by atoms with Gasteiger partial charge in [-0.15, -0.1) is 0 Å². The first kappa shape index (κ1) is 12.7. The molecular weight excluding hydrogens is 238 g/mol. The van der Waals surface area contributed by atoms with Crippen LogP contribution in [0.15, 0.2) is 24.3 Å². The summed E-state index contributed by atoms with van der Waals surface area (Å²) >= 11 is 0. The van der Waals surface area contributed by atoms with Gasteiger partial charge in [-0.1, -0.05) is 30.7 Å². The first-order valence-corrected chi connectivity index (χ1v) is 7.15. The number of benzene rings is 1. The molecule has 1 aliphatic carbocycles. The third-order valence-electron chi connectivity index (χ3n) is 4.81.